The molecule has 6 heteroatoms. The third kappa shape index (κ3) is 5.24. The van der Waals surface area contributed by atoms with Crippen molar-refractivity contribution in [3.05, 3.63) is 71.7 Å². The molecule has 0 spiro atoms. The normalized spacial score (nSPS) is 15.9. The van der Waals surface area contributed by atoms with Crippen LogP contribution in [0.1, 0.15) is 22.3 Å². The van der Waals surface area contributed by atoms with Crippen LogP contribution in [0.15, 0.2) is 60.6 Å². The maximum atomic E-state index is 13.1. The van der Waals surface area contributed by atoms with E-state index in [1.165, 1.54) is 0 Å². The lowest BCUT2D eigenvalue weighted by atomic mass is 10.2. The first kappa shape index (κ1) is 18.8. The van der Waals surface area contributed by atoms with Crippen molar-refractivity contribution in [2.24, 2.45) is 0 Å². The molecule has 1 saturated heterocycles. The summed E-state index contributed by atoms with van der Waals surface area (Å²) in [6.07, 6.45) is 5.93. The van der Waals surface area contributed by atoms with Gasteiger partial charge in [0.2, 0.25) is 0 Å². The molecule has 140 valence electrons. The Bertz CT molecular complexity index is 805. The minimum absolute atomic E-state index is 0.168. The predicted molar refractivity (Wildman–Crippen MR) is 105 cm³/mol. The highest BCUT2D eigenvalue weighted by molar-refractivity contribution is 6.05. The first-order chi connectivity index (χ1) is 13.1. The number of amides is 2. The zero-order valence-corrected chi connectivity index (χ0v) is 15.5. The van der Waals surface area contributed by atoms with Crippen LogP contribution in [0.3, 0.4) is 0 Å². The summed E-state index contributed by atoms with van der Waals surface area (Å²) in [5.74, 6) is -0.468. The molecule has 1 aromatic carbocycles. The molecule has 0 aliphatic carbocycles. The highest BCUT2D eigenvalue weighted by Gasteiger charge is 2.22. The van der Waals surface area contributed by atoms with Gasteiger partial charge in [-0.1, -0.05) is 24.3 Å². The summed E-state index contributed by atoms with van der Waals surface area (Å²) >= 11 is 0. The minimum atomic E-state index is -0.300. The summed E-state index contributed by atoms with van der Waals surface area (Å²) in [4.78, 5) is 33.8. The van der Waals surface area contributed by atoms with Gasteiger partial charge in [-0.3, -0.25) is 14.6 Å². The average Bonchev–Trinajstić information content (AvgIpc) is 2.93. The van der Waals surface area contributed by atoms with E-state index in [1.54, 1.807) is 53.7 Å². The Morgan fingerprint density at radius 3 is 2.59 bits per heavy atom. The fourth-order valence-electron chi connectivity index (χ4n) is 2.98. The van der Waals surface area contributed by atoms with E-state index in [-0.39, 0.29) is 17.5 Å². The van der Waals surface area contributed by atoms with Gasteiger partial charge in [-0.25, -0.2) is 0 Å². The third-order valence-corrected chi connectivity index (χ3v) is 4.52. The monoisotopic (exact) mass is 364 g/mol. The van der Waals surface area contributed by atoms with Crippen LogP contribution in [0, 0.1) is 0 Å². The summed E-state index contributed by atoms with van der Waals surface area (Å²) in [5.41, 5.74) is 1.54. The molecule has 0 saturated carbocycles. The number of hydrogen-bond acceptors (Lipinski definition) is 4. The molecular weight excluding hydrogens is 340 g/mol. The zero-order chi connectivity index (χ0) is 19.1. The number of carbonyl (C=O) groups is 2. The molecular formula is C21H24N4O2. The largest absolute Gasteiger partial charge is 0.336 e. The molecule has 0 radical (unpaired) electrons. The number of carbonyl (C=O) groups excluding carboxylic acids is 2. The maximum absolute atomic E-state index is 13.1. The van der Waals surface area contributed by atoms with E-state index in [9.17, 15) is 9.59 Å². The topological polar surface area (TPSA) is 65.5 Å². The second-order valence-corrected chi connectivity index (χ2v) is 6.61. The quantitative estimate of drug-likeness (QED) is 0.843. The number of rotatable bonds is 4. The summed E-state index contributed by atoms with van der Waals surface area (Å²) in [6, 6.07) is 12.5. The van der Waals surface area contributed by atoms with Crippen molar-refractivity contribution in [3.8, 4) is 0 Å². The molecule has 6 nitrogen and oxygen atoms in total. The van der Waals surface area contributed by atoms with Crippen LogP contribution in [-0.4, -0.2) is 59.8 Å². The molecule has 27 heavy (non-hydrogen) atoms. The van der Waals surface area contributed by atoms with Gasteiger partial charge in [-0.15, -0.1) is 0 Å². The molecule has 1 N–H and O–H groups in total. The highest BCUT2D eigenvalue weighted by atomic mass is 16.2. The first-order valence-electron chi connectivity index (χ1n) is 9.09. The van der Waals surface area contributed by atoms with Gasteiger partial charge in [-0.2, -0.15) is 0 Å². The zero-order valence-electron chi connectivity index (χ0n) is 15.5. The Labute approximate surface area is 159 Å². The number of likely N-dealkylation sites (N-methyl/N-ethyl adjacent to an activating group) is 1. The fourth-order valence-corrected chi connectivity index (χ4v) is 2.98. The number of nitrogens with one attached hydrogen (secondary N) is 1. The molecule has 1 aromatic heterocycles. The predicted octanol–water partition coefficient (Wildman–Crippen LogP) is 2.02. The van der Waals surface area contributed by atoms with Crippen molar-refractivity contribution in [2.75, 3.05) is 33.2 Å². The van der Waals surface area contributed by atoms with E-state index >= 15 is 0 Å². The third-order valence-electron chi connectivity index (χ3n) is 4.52. The standard InChI is InChI=1S/C21H24N4O2/c1-24-11-6-12-25(14-13-24)21(27)19(15-17-7-5-10-22-16-17)23-20(26)18-8-3-2-4-9-18/h2-5,7-10,15-16H,6,11-14H2,1H3,(H,23,26)/b19-15-. The van der Waals surface area contributed by atoms with Crippen LogP contribution < -0.4 is 5.32 Å². The Hall–Kier alpha value is -2.99. The van der Waals surface area contributed by atoms with Crippen LogP contribution in [0.5, 0.6) is 0 Å². The molecule has 0 atom stereocenters. The number of nitrogens with zero attached hydrogens (tertiary/aromatic N) is 3. The molecule has 1 aliphatic rings. The van der Waals surface area contributed by atoms with Gasteiger partial charge in [0, 0.05) is 37.6 Å². The summed E-state index contributed by atoms with van der Waals surface area (Å²) in [6.45, 7) is 3.09. The molecule has 0 unspecified atom stereocenters. The van der Waals surface area contributed by atoms with Crippen molar-refractivity contribution in [2.45, 2.75) is 6.42 Å². The van der Waals surface area contributed by atoms with Crippen molar-refractivity contribution >= 4 is 17.9 Å². The number of hydrogen-bond donors (Lipinski definition) is 1. The molecule has 0 bridgehead atoms. The van der Waals surface area contributed by atoms with Gasteiger partial charge >= 0.3 is 0 Å². The number of pyridine rings is 1. The van der Waals surface area contributed by atoms with Crippen molar-refractivity contribution in [1.29, 1.82) is 0 Å². The minimum Gasteiger partial charge on any atom is -0.336 e. The van der Waals surface area contributed by atoms with Gasteiger partial charge in [0.1, 0.15) is 5.70 Å². The van der Waals surface area contributed by atoms with E-state index < -0.39 is 0 Å². The number of aromatic nitrogens is 1. The van der Waals surface area contributed by atoms with E-state index in [0.717, 1.165) is 25.1 Å². The summed E-state index contributed by atoms with van der Waals surface area (Å²) in [7, 11) is 2.05. The number of benzene rings is 1. The van der Waals surface area contributed by atoms with E-state index in [0.29, 0.717) is 18.7 Å². The van der Waals surface area contributed by atoms with Gasteiger partial charge in [0.25, 0.3) is 11.8 Å². The Balaban J connectivity index is 1.84. The van der Waals surface area contributed by atoms with E-state index in [4.69, 9.17) is 0 Å². The molecule has 2 aromatic rings. The lowest BCUT2D eigenvalue weighted by Crippen LogP contribution is -2.40. The van der Waals surface area contributed by atoms with Crippen molar-refractivity contribution in [3.63, 3.8) is 0 Å². The SMILES string of the molecule is CN1CCCN(C(=O)/C(=C/c2cccnc2)NC(=O)c2ccccc2)CC1. The second kappa shape index (κ2) is 9.09. The van der Waals surface area contributed by atoms with Gasteiger partial charge in [0.05, 0.1) is 0 Å². The fraction of sp³-hybridized carbons (Fsp3) is 0.286. The Morgan fingerprint density at radius 2 is 1.85 bits per heavy atom. The second-order valence-electron chi connectivity index (χ2n) is 6.61. The van der Waals surface area contributed by atoms with Crippen LogP contribution in [0.25, 0.3) is 6.08 Å². The first-order valence-corrected chi connectivity index (χ1v) is 9.09. The molecule has 1 fully saturated rings. The molecule has 2 amide bonds. The maximum Gasteiger partial charge on any atom is 0.270 e. The van der Waals surface area contributed by atoms with Crippen LogP contribution in [-0.2, 0) is 4.79 Å². The van der Waals surface area contributed by atoms with Crippen LogP contribution in [0.2, 0.25) is 0 Å². The average molecular weight is 364 g/mol. The van der Waals surface area contributed by atoms with Gasteiger partial charge < -0.3 is 15.1 Å². The van der Waals surface area contributed by atoms with Crippen LogP contribution in [0.4, 0.5) is 0 Å². The van der Waals surface area contributed by atoms with Crippen LogP contribution >= 0.6 is 0 Å². The van der Waals surface area contributed by atoms with Gasteiger partial charge in [-0.05, 0) is 49.9 Å². The molecule has 2 heterocycles. The van der Waals surface area contributed by atoms with Crippen molar-refractivity contribution in [1.82, 2.24) is 20.1 Å². The lowest BCUT2D eigenvalue weighted by molar-refractivity contribution is -0.127. The van der Waals surface area contributed by atoms with Gasteiger partial charge in [0.15, 0.2) is 0 Å². The smallest absolute Gasteiger partial charge is 0.270 e. The molecule has 1 aliphatic heterocycles. The Kier molecular flexibility index (Phi) is 6.33. The lowest BCUT2D eigenvalue weighted by Gasteiger charge is -2.22. The van der Waals surface area contributed by atoms with Crippen molar-refractivity contribution < 1.29 is 9.59 Å². The summed E-state index contributed by atoms with van der Waals surface area (Å²) in [5, 5.41) is 2.80. The highest BCUT2D eigenvalue weighted by Crippen LogP contribution is 2.11. The Morgan fingerprint density at radius 1 is 1.04 bits per heavy atom. The van der Waals surface area contributed by atoms with E-state index in [1.807, 2.05) is 12.1 Å². The summed E-state index contributed by atoms with van der Waals surface area (Å²) < 4.78 is 0. The van der Waals surface area contributed by atoms with E-state index in [2.05, 4.69) is 22.2 Å². The molecule has 3 rings (SSSR count).